The van der Waals surface area contributed by atoms with Gasteiger partial charge in [-0.15, -0.1) is 5.10 Å². The summed E-state index contributed by atoms with van der Waals surface area (Å²) < 4.78 is 31.4. The second kappa shape index (κ2) is 9.35. The van der Waals surface area contributed by atoms with Gasteiger partial charge in [0.2, 0.25) is 0 Å². The molecule has 10 nitrogen and oxygen atoms in total. The molecule has 1 saturated heterocycles. The molecule has 1 N–H and O–H groups in total. The van der Waals surface area contributed by atoms with Crippen LogP contribution in [0.1, 0.15) is 53.8 Å². The number of aromatic carboxylic acids is 1. The number of carbonyl (C=O) groups is 1. The van der Waals surface area contributed by atoms with E-state index in [-0.39, 0.29) is 29.0 Å². The number of hydrogen-bond donors (Lipinski definition) is 1. The average Bonchev–Trinajstić information content (AvgIpc) is 3.46. The zero-order chi connectivity index (χ0) is 24.5. The number of aromatic nitrogens is 7. The van der Waals surface area contributed by atoms with Gasteiger partial charge in [-0.1, -0.05) is 18.1 Å². The highest BCUT2D eigenvalue weighted by molar-refractivity contribution is 5.87. The minimum absolute atomic E-state index is 0.0171. The highest BCUT2D eigenvalue weighted by atomic mass is 19.1. The Balaban J connectivity index is 1.36. The van der Waals surface area contributed by atoms with Crippen LogP contribution in [-0.2, 0) is 13.0 Å². The van der Waals surface area contributed by atoms with Crippen LogP contribution in [0.2, 0.25) is 0 Å². The van der Waals surface area contributed by atoms with Gasteiger partial charge in [0.15, 0.2) is 5.82 Å². The molecular formula is C23H24F2N8O2. The first kappa shape index (κ1) is 22.8. The monoisotopic (exact) mass is 482 g/mol. The highest BCUT2D eigenvalue weighted by Gasteiger charge is 2.26. The SMILES string of the molecule is CCCn1nnc(N2CCC(n3cc(F)c4c(Cc5ccc(C(=O)O)cc5F)ncnc43)CC2)n1. The van der Waals surface area contributed by atoms with Gasteiger partial charge in [-0.2, -0.15) is 4.80 Å². The Morgan fingerprint density at radius 3 is 2.69 bits per heavy atom. The van der Waals surface area contributed by atoms with Crippen molar-refractivity contribution in [3.05, 3.63) is 59.2 Å². The minimum Gasteiger partial charge on any atom is -0.478 e. The van der Waals surface area contributed by atoms with Gasteiger partial charge in [-0.25, -0.2) is 23.5 Å². The van der Waals surface area contributed by atoms with Crippen LogP contribution in [-0.4, -0.2) is 58.9 Å². The Bertz CT molecular complexity index is 1380. The van der Waals surface area contributed by atoms with Crippen molar-refractivity contribution in [2.75, 3.05) is 18.0 Å². The molecule has 12 heteroatoms. The maximum absolute atomic E-state index is 15.1. The lowest BCUT2D eigenvalue weighted by atomic mass is 10.0. The van der Waals surface area contributed by atoms with Crippen molar-refractivity contribution in [1.82, 2.24) is 34.7 Å². The van der Waals surface area contributed by atoms with E-state index in [4.69, 9.17) is 5.11 Å². The van der Waals surface area contributed by atoms with E-state index >= 15 is 4.39 Å². The van der Waals surface area contributed by atoms with E-state index in [1.807, 2.05) is 4.57 Å². The number of hydrogen-bond acceptors (Lipinski definition) is 7. The Hall–Kier alpha value is -3.96. The van der Waals surface area contributed by atoms with Gasteiger partial charge in [0.25, 0.3) is 5.95 Å². The van der Waals surface area contributed by atoms with Crippen molar-refractivity contribution >= 4 is 23.0 Å². The number of nitrogens with zero attached hydrogens (tertiary/aromatic N) is 8. The summed E-state index contributed by atoms with van der Waals surface area (Å²) in [5.74, 6) is -1.76. The molecule has 0 spiro atoms. The van der Waals surface area contributed by atoms with Crippen LogP contribution in [0.3, 0.4) is 0 Å². The number of halogens is 2. The number of rotatable bonds is 7. The van der Waals surface area contributed by atoms with Gasteiger partial charge in [-0.3, -0.25) is 0 Å². The number of aryl methyl sites for hydroxylation is 1. The predicted molar refractivity (Wildman–Crippen MR) is 122 cm³/mol. The van der Waals surface area contributed by atoms with Gasteiger partial charge in [0.05, 0.1) is 23.2 Å². The second-order valence-corrected chi connectivity index (χ2v) is 8.59. The first-order chi connectivity index (χ1) is 16.9. The lowest BCUT2D eigenvalue weighted by Gasteiger charge is -2.31. The van der Waals surface area contributed by atoms with Crippen molar-refractivity contribution in [2.24, 2.45) is 0 Å². The molecule has 1 fully saturated rings. The Kier molecular flexibility index (Phi) is 6.10. The Labute approximate surface area is 199 Å². The Morgan fingerprint density at radius 2 is 1.97 bits per heavy atom. The molecule has 3 aromatic heterocycles. The molecule has 0 atom stereocenters. The molecule has 1 aliphatic heterocycles. The lowest BCUT2D eigenvalue weighted by molar-refractivity contribution is 0.0696. The third-order valence-electron chi connectivity index (χ3n) is 6.31. The predicted octanol–water partition coefficient (Wildman–Crippen LogP) is 3.24. The first-order valence-corrected chi connectivity index (χ1v) is 11.5. The molecule has 0 bridgehead atoms. The molecule has 0 amide bonds. The summed E-state index contributed by atoms with van der Waals surface area (Å²) in [7, 11) is 0. The van der Waals surface area contributed by atoms with Crippen molar-refractivity contribution in [3.8, 4) is 0 Å². The smallest absolute Gasteiger partial charge is 0.335 e. The largest absolute Gasteiger partial charge is 0.478 e. The van der Waals surface area contributed by atoms with Gasteiger partial charge < -0.3 is 14.6 Å². The molecule has 0 saturated carbocycles. The summed E-state index contributed by atoms with van der Waals surface area (Å²) in [6, 6.07) is 3.70. The fourth-order valence-electron chi connectivity index (χ4n) is 4.52. The Morgan fingerprint density at radius 1 is 1.17 bits per heavy atom. The molecule has 35 heavy (non-hydrogen) atoms. The number of piperidine rings is 1. The number of carboxylic acid groups (broad SMARTS) is 1. The molecule has 1 aromatic carbocycles. The van der Waals surface area contributed by atoms with Crippen LogP contribution >= 0.6 is 0 Å². The van der Waals surface area contributed by atoms with E-state index < -0.39 is 17.6 Å². The molecule has 4 heterocycles. The van der Waals surface area contributed by atoms with E-state index in [0.29, 0.717) is 36.9 Å². The number of carboxylic acids is 1. The standard InChI is InChI=1S/C23H24F2N8O2/c1-2-7-33-29-23(28-30-33)31-8-5-16(6-9-31)32-12-18(25)20-19(26-13-27-21(20)32)11-14-3-4-15(22(34)35)10-17(14)24/h3-4,10,12-13,16H,2,5-9,11H2,1H3,(H,34,35). The molecule has 0 radical (unpaired) electrons. The summed E-state index contributed by atoms with van der Waals surface area (Å²) in [6.45, 7) is 4.16. The number of tetrazole rings is 1. The maximum Gasteiger partial charge on any atom is 0.335 e. The van der Waals surface area contributed by atoms with Crippen molar-refractivity contribution in [3.63, 3.8) is 0 Å². The molecule has 0 aliphatic carbocycles. The summed E-state index contributed by atoms with van der Waals surface area (Å²) >= 11 is 0. The van der Waals surface area contributed by atoms with Gasteiger partial charge >= 0.3 is 5.97 Å². The van der Waals surface area contributed by atoms with Crippen LogP contribution in [0.4, 0.5) is 14.7 Å². The molecule has 1 aliphatic rings. The third kappa shape index (κ3) is 4.43. The molecular weight excluding hydrogens is 458 g/mol. The quantitative estimate of drug-likeness (QED) is 0.427. The van der Waals surface area contributed by atoms with E-state index in [2.05, 4.69) is 37.2 Å². The molecule has 4 aromatic rings. The van der Waals surface area contributed by atoms with E-state index in [0.717, 1.165) is 25.3 Å². The van der Waals surface area contributed by atoms with E-state index in [9.17, 15) is 9.18 Å². The van der Waals surface area contributed by atoms with Gasteiger partial charge in [0.1, 0.15) is 17.8 Å². The average molecular weight is 482 g/mol. The van der Waals surface area contributed by atoms with Crippen LogP contribution in [0, 0.1) is 11.6 Å². The minimum atomic E-state index is -1.21. The summed E-state index contributed by atoms with van der Waals surface area (Å²) in [6.07, 6.45) is 5.22. The topological polar surface area (TPSA) is 115 Å². The normalized spacial score (nSPS) is 14.7. The molecule has 5 rings (SSSR count). The zero-order valence-corrected chi connectivity index (χ0v) is 19.1. The van der Waals surface area contributed by atoms with Crippen molar-refractivity contribution < 1.29 is 18.7 Å². The zero-order valence-electron chi connectivity index (χ0n) is 19.1. The molecule has 182 valence electrons. The highest BCUT2D eigenvalue weighted by Crippen LogP contribution is 2.31. The number of anilines is 1. The van der Waals surface area contributed by atoms with Crippen LogP contribution < -0.4 is 4.90 Å². The van der Waals surface area contributed by atoms with Crippen molar-refractivity contribution in [1.29, 1.82) is 0 Å². The molecule has 0 unspecified atom stereocenters. The van der Waals surface area contributed by atoms with Crippen LogP contribution in [0.5, 0.6) is 0 Å². The second-order valence-electron chi connectivity index (χ2n) is 8.59. The summed E-state index contributed by atoms with van der Waals surface area (Å²) in [5.41, 5.74) is 0.896. The van der Waals surface area contributed by atoms with Crippen LogP contribution in [0.15, 0.2) is 30.7 Å². The first-order valence-electron chi connectivity index (χ1n) is 11.5. The van der Waals surface area contributed by atoms with E-state index in [1.54, 1.807) is 4.80 Å². The fraction of sp³-hybridized carbons (Fsp3) is 0.391. The van der Waals surface area contributed by atoms with Gasteiger partial charge in [0, 0.05) is 31.7 Å². The summed E-state index contributed by atoms with van der Waals surface area (Å²) in [5, 5.41) is 21.9. The maximum atomic E-state index is 15.1. The van der Waals surface area contributed by atoms with Gasteiger partial charge in [-0.05, 0) is 42.2 Å². The fourth-order valence-corrected chi connectivity index (χ4v) is 4.52. The number of benzene rings is 1. The summed E-state index contributed by atoms with van der Waals surface area (Å²) in [4.78, 5) is 23.3. The lowest BCUT2D eigenvalue weighted by Crippen LogP contribution is -2.35. The third-order valence-corrected chi connectivity index (χ3v) is 6.31. The van der Waals surface area contributed by atoms with Crippen molar-refractivity contribution in [2.45, 2.75) is 45.2 Å². The van der Waals surface area contributed by atoms with Crippen LogP contribution in [0.25, 0.3) is 11.0 Å². The van der Waals surface area contributed by atoms with E-state index in [1.165, 1.54) is 24.7 Å². The number of fused-ring (bicyclic) bond motifs is 1.